The maximum atomic E-state index is 4.29. The van der Waals surface area contributed by atoms with Crippen LogP contribution >= 0.6 is 0 Å². The first-order valence-electron chi connectivity index (χ1n) is 4.01. The van der Waals surface area contributed by atoms with Crippen LogP contribution < -0.4 is 5.32 Å². The summed E-state index contributed by atoms with van der Waals surface area (Å²) in [5.74, 6) is 0. The molecular weight excluding hydrogens is 124 g/mol. The van der Waals surface area contributed by atoms with Crippen LogP contribution in [0.1, 0.15) is 33.6 Å². The fourth-order valence-electron chi connectivity index (χ4n) is 0.558. The summed E-state index contributed by atoms with van der Waals surface area (Å²) in [6, 6.07) is 0. The van der Waals surface area contributed by atoms with Crippen molar-refractivity contribution in [2.45, 2.75) is 33.6 Å². The van der Waals surface area contributed by atoms with Gasteiger partial charge in [0.05, 0.1) is 6.67 Å². The normalized spacial score (nSPS) is 12.1. The summed E-state index contributed by atoms with van der Waals surface area (Å²) < 4.78 is 0. The van der Waals surface area contributed by atoms with Crippen LogP contribution in [0, 0.1) is 0 Å². The Morgan fingerprint density at radius 3 is 2.60 bits per heavy atom. The van der Waals surface area contributed by atoms with Crippen LogP contribution in [0.2, 0.25) is 0 Å². The van der Waals surface area contributed by atoms with Gasteiger partial charge in [0, 0.05) is 5.71 Å². The van der Waals surface area contributed by atoms with E-state index in [4.69, 9.17) is 0 Å². The minimum Gasteiger partial charge on any atom is -0.298 e. The number of nitrogens with one attached hydrogen (secondary N) is 1. The third-order valence-corrected chi connectivity index (χ3v) is 1.40. The minimum absolute atomic E-state index is 0.785. The molecule has 0 aliphatic carbocycles. The molecular formula is C8H18N2. The summed E-state index contributed by atoms with van der Waals surface area (Å²) in [4.78, 5) is 4.29. The Kier molecular flexibility index (Phi) is 6.50. The van der Waals surface area contributed by atoms with Gasteiger partial charge in [0.1, 0.15) is 0 Å². The Bertz CT molecular complexity index is 97.4. The Morgan fingerprint density at radius 2 is 2.10 bits per heavy atom. The molecule has 0 aliphatic heterocycles. The molecule has 0 aliphatic rings. The fraction of sp³-hybridized carbons (Fsp3) is 0.875. The van der Waals surface area contributed by atoms with Gasteiger partial charge in [-0.1, -0.05) is 13.8 Å². The predicted octanol–water partition coefficient (Wildman–Crippen LogP) is 1.81. The second-order valence-corrected chi connectivity index (χ2v) is 2.41. The van der Waals surface area contributed by atoms with Gasteiger partial charge >= 0.3 is 0 Å². The van der Waals surface area contributed by atoms with Crippen molar-refractivity contribution in [2.24, 2.45) is 4.99 Å². The first-order chi connectivity index (χ1) is 4.81. The average molecular weight is 142 g/mol. The maximum Gasteiger partial charge on any atom is 0.0883 e. The lowest BCUT2D eigenvalue weighted by atomic mass is 10.3. The number of hydrogen-bond donors (Lipinski definition) is 1. The van der Waals surface area contributed by atoms with E-state index in [9.17, 15) is 0 Å². The van der Waals surface area contributed by atoms with Crippen molar-refractivity contribution in [3.8, 4) is 0 Å². The van der Waals surface area contributed by atoms with Gasteiger partial charge in [0.25, 0.3) is 0 Å². The highest BCUT2D eigenvalue weighted by atomic mass is 15.0. The predicted molar refractivity (Wildman–Crippen MR) is 46.6 cm³/mol. The molecule has 0 heterocycles. The van der Waals surface area contributed by atoms with E-state index in [0.717, 1.165) is 19.6 Å². The molecule has 10 heavy (non-hydrogen) atoms. The van der Waals surface area contributed by atoms with Gasteiger partial charge in [-0.05, 0) is 26.3 Å². The SMILES string of the molecule is CCCNCN=C(C)CC. The molecule has 0 atom stereocenters. The summed E-state index contributed by atoms with van der Waals surface area (Å²) in [5.41, 5.74) is 1.23. The van der Waals surface area contributed by atoms with Crippen molar-refractivity contribution in [2.75, 3.05) is 13.2 Å². The molecule has 0 saturated carbocycles. The molecule has 0 bridgehead atoms. The Labute approximate surface area is 63.7 Å². The molecule has 0 aromatic heterocycles. The van der Waals surface area contributed by atoms with E-state index < -0.39 is 0 Å². The smallest absolute Gasteiger partial charge is 0.0883 e. The molecule has 1 N–H and O–H groups in total. The van der Waals surface area contributed by atoms with E-state index in [1.165, 1.54) is 12.1 Å². The van der Waals surface area contributed by atoms with Crippen LogP contribution in [0.5, 0.6) is 0 Å². The lowest BCUT2D eigenvalue weighted by molar-refractivity contribution is 0.689. The van der Waals surface area contributed by atoms with Crippen LogP contribution in [0.15, 0.2) is 4.99 Å². The van der Waals surface area contributed by atoms with Crippen molar-refractivity contribution in [1.82, 2.24) is 5.32 Å². The molecule has 0 aromatic rings. The second-order valence-electron chi connectivity index (χ2n) is 2.41. The topological polar surface area (TPSA) is 24.4 Å². The van der Waals surface area contributed by atoms with Gasteiger partial charge < -0.3 is 0 Å². The highest BCUT2D eigenvalue weighted by Gasteiger charge is 1.83. The first kappa shape index (κ1) is 9.63. The van der Waals surface area contributed by atoms with Gasteiger partial charge in [0.2, 0.25) is 0 Å². The monoisotopic (exact) mass is 142 g/mol. The molecule has 0 fully saturated rings. The zero-order valence-electron chi connectivity index (χ0n) is 7.28. The molecule has 0 spiro atoms. The van der Waals surface area contributed by atoms with Crippen LogP contribution in [0.4, 0.5) is 0 Å². The van der Waals surface area contributed by atoms with Crippen molar-refractivity contribution in [3.05, 3.63) is 0 Å². The maximum absolute atomic E-state index is 4.29. The van der Waals surface area contributed by atoms with Crippen molar-refractivity contribution < 1.29 is 0 Å². The van der Waals surface area contributed by atoms with Crippen molar-refractivity contribution >= 4 is 5.71 Å². The van der Waals surface area contributed by atoms with Crippen LogP contribution in [0.3, 0.4) is 0 Å². The number of hydrogen-bond acceptors (Lipinski definition) is 2. The molecule has 0 saturated heterocycles. The Morgan fingerprint density at radius 1 is 1.40 bits per heavy atom. The van der Waals surface area contributed by atoms with E-state index in [0.29, 0.717) is 0 Å². The van der Waals surface area contributed by atoms with Gasteiger partial charge in [0.15, 0.2) is 0 Å². The Hall–Kier alpha value is -0.370. The van der Waals surface area contributed by atoms with Gasteiger partial charge in [-0.15, -0.1) is 0 Å². The van der Waals surface area contributed by atoms with Gasteiger partial charge in [-0.3, -0.25) is 10.3 Å². The molecule has 2 nitrogen and oxygen atoms in total. The fourth-order valence-corrected chi connectivity index (χ4v) is 0.558. The summed E-state index contributed by atoms with van der Waals surface area (Å²) in [7, 11) is 0. The van der Waals surface area contributed by atoms with E-state index in [2.05, 4.69) is 31.1 Å². The molecule has 0 rings (SSSR count). The minimum atomic E-state index is 0.785. The van der Waals surface area contributed by atoms with Crippen LogP contribution in [0.25, 0.3) is 0 Å². The van der Waals surface area contributed by atoms with E-state index in [-0.39, 0.29) is 0 Å². The molecule has 0 unspecified atom stereocenters. The molecule has 2 heteroatoms. The summed E-state index contributed by atoms with van der Waals surface area (Å²) >= 11 is 0. The lowest BCUT2D eigenvalue weighted by Gasteiger charge is -1.98. The van der Waals surface area contributed by atoms with Gasteiger partial charge in [-0.2, -0.15) is 0 Å². The summed E-state index contributed by atoms with van der Waals surface area (Å²) in [6.45, 7) is 8.20. The largest absolute Gasteiger partial charge is 0.298 e. The van der Waals surface area contributed by atoms with Gasteiger partial charge in [-0.25, -0.2) is 0 Å². The number of nitrogens with zero attached hydrogens (tertiary/aromatic N) is 1. The molecule has 60 valence electrons. The Balaban J connectivity index is 3.16. The summed E-state index contributed by atoms with van der Waals surface area (Å²) in [5, 5.41) is 3.21. The van der Waals surface area contributed by atoms with Crippen molar-refractivity contribution in [1.29, 1.82) is 0 Å². The zero-order chi connectivity index (χ0) is 7.82. The van der Waals surface area contributed by atoms with Crippen molar-refractivity contribution in [3.63, 3.8) is 0 Å². The lowest BCUT2D eigenvalue weighted by Crippen LogP contribution is -2.15. The highest BCUT2D eigenvalue weighted by Crippen LogP contribution is 1.82. The third kappa shape index (κ3) is 5.76. The number of rotatable bonds is 5. The van der Waals surface area contributed by atoms with E-state index >= 15 is 0 Å². The standard InChI is InChI=1S/C8H18N2/c1-4-6-9-7-10-8(3)5-2/h9H,4-7H2,1-3H3. The van der Waals surface area contributed by atoms with E-state index in [1.807, 2.05) is 0 Å². The molecule has 0 amide bonds. The average Bonchev–Trinajstić information content (AvgIpc) is 1.98. The summed E-state index contributed by atoms with van der Waals surface area (Å²) in [6.07, 6.45) is 2.24. The number of aliphatic imine (C=N–C) groups is 1. The van der Waals surface area contributed by atoms with E-state index in [1.54, 1.807) is 0 Å². The quantitative estimate of drug-likeness (QED) is 0.459. The zero-order valence-corrected chi connectivity index (χ0v) is 7.28. The highest BCUT2D eigenvalue weighted by molar-refractivity contribution is 5.81. The van der Waals surface area contributed by atoms with Crippen LogP contribution in [-0.4, -0.2) is 18.9 Å². The first-order valence-corrected chi connectivity index (χ1v) is 4.01. The molecule has 0 aromatic carbocycles. The molecule has 0 radical (unpaired) electrons. The van der Waals surface area contributed by atoms with Crippen LogP contribution in [-0.2, 0) is 0 Å². The second kappa shape index (κ2) is 6.75. The third-order valence-electron chi connectivity index (χ3n) is 1.40.